The van der Waals surface area contributed by atoms with Crippen LogP contribution in [-0.4, -0.2) is 83.4 Å². The van der Waals surface area contributed by atoms with Gasteiger partial charge in [0, 0.05) is 61.9 Å². The number of rotatable bonds is 13. The number of piperidine rings is 1. The Labute approximate surface area is 275 Å². The van der Waals surface area contributed by atoms with Crippen molar-refractivity contribution in [2.45, 2.75) is 38.6 Å². The standard InChI is InChI=1S/C36H44N8O3/c1-5-6-15-37-28-22-29(32(46-4)23-30(28)44-17-12-26(13-18-44)43(2)3)40-36-38-16-11-27(39-36)35-34(41-33(42-35)8-7-19-45)25-10-9-24-14-20-47-31(24)21-25/h5-6,9-11,14,16,20-23,26,37,45H,7-8,12-13,15,17-19H2,1-4H3,(H,41,42)(H,38,39,40)/b6-5+. The minimum Gasteiger partial charge on any atom is -0.494 e. The Kier molecular flexibility index (Phi) is 10.0. The summed E-state index contributed by atoms with van der Waals surface area (Å²) >= 11 is 0. The number of nitrogens with one attached hydrogen (secondary N) is 3. The van der Waals surface area contributed by atoms with Gasteiger partial charge < -0.3 is 39.7 Å². The summed E-state index contributed by atoms with van der Waals surface area (Å²) in [5, 5.41) is 17.5. The third-order valence-electron chi connectivity index (χ3n) is 8.71. The number of nitrogens with zero attached hydrogens (tertiary/aromatic N) is 5. The van der Waals surface area contributed by atoms with Gasteiger partial charge in [0.15, 0.2) is 0 Å². The fourth-order valence-corrected chi connectivity index (χ4v) is 6.11. The molecule has 0 aliphatic carbocycles. The molecule has 1 aliphatic heterocycles. The number of aliphatic hydroxyl groups excluding tert-OH is 1. The second-order valence-corrected chi connectivity index (χ2v) is 12.0. The Hall–Kier alpha value is -4.87. The van der Waals surface area contributed by atoms with E-state index in [1.54, 1.807) is 19.6 Å². The maximum atomic E-state index is 9.45. The summed E-state index contributed by atoms with van der Waals surface area (Å²) in [6, 6.07) is 14.6. The van der Waals surface area contributed by atoms with Gasteiger partial charge >= 0.3 is 0 Å². The van der Waals surface area contributed by atoms with Gasteiger partial charge in [-0.3, -0.25) is 0 Å². The predicted molar refractivity (Wildman–Crippen MR) is 189 cm³/mol. The van der Waals surface area contributed by atoms with Crippen molar-refractivity contribution in [2.24, 2.45) is 0 Å². The lowest BCUT2D eigenvalue weighted by Crippen LogP contribution is -2.42. The van der Waals surface area contributed by atoms with E-state index in [-0.39, 0.29) is 6.61 Å². The maximum Gasteiger partial charge on any atom is 0.227 e. The smallest absolute Gasteiger partial charge is 0.227 e. The van der Waals surface area contributed by atoms with Crippen molar-refractivity contribution in [2.75, 3.05) is 63.0 Å². The summed E-state index contributed by atoms with van der Waals surface area (Å²) in [5.41, 5.74) is 6.81. The van der Waals surface area contributed by atoms with Crippen LogP contribution < -0.4 is 20.3 Å². The van der Waals surface area contributed by atoms with Crippen molar-refractivity contribution < 1.29 is 14.3 Å². The summed E-state index contributed by atoms with van der Waals surface area (Å²) < 4.78 is 11.6. The molecule has 0 atom stereocenters. The van der Waals surface area contributed by atoms with Crippen LogP contribution in [0, 0.1) is 0 Å². The number of benzene rings is 2. The Bertz CT molecular complexity index is 1820. The van der Waals surface area contributed by atoms with Crippen molar-refractivity contribution >= 4 is 34.0 Å². The summed E-state index contributed by atoms with van der Waals surface area (Å²) in [6.07, 6.45) is 11.0. The topological polar surface area (TPSA) is 128 Å². The van der Waals surface area contributed by atoms with Crippen molar-refractivity contribution in [3.05, 3.63) is 72.9 Å². The number of furan rings is 1. The zero-order valence-corrected chi connectivity index (χ0v) is 27.6. The molecule has 0 spiro atoms. The highest BCUT2D eigenvalue weighted by molar-refractivity contribution is 5.86. The number of aromatic nitrogens is 4. The van der Waals surface area contributed by atoms with Crippen LogP contribution in [0.2, 0.25) is 0 Å². The molecule has 0 bridgehead atoms. The summed E-state index contributed by atoms with van der Waals surface area (Å²) in [5.74, 6) is 1.92. The van der Waals surface area contributed by atoms with Crippen LogP contribution in [0.1, 0.15) is 32.0 Å². The number of fused-ring (bicyclic) bond motifs is 1. The third kappa shape index (κ3) is 7.26. The van der Waals surface area contributed by atoms with E-state index >= 15 is 0 Å². The minimum absolute atomic E-state index is 0.0891. The summed E-state index contributed by atoms with van der Waals surface area (Å²) in [4.78, 5) is 22.6. The number of hydrogen-bond donors (Lipinski definition) is 4. The SMILES string of the molecule is C/C=C/CNc1cc(Nc2nccc(-c3[nH]c(CCCO)nc3-c3ccc4ccoc4c3)n2)c(OC)cc1N1CCC(N(C)C)CC1. The molecule has 0 radical (unpaired) electrons. The van der Waals surface area contributed by atoms with Crippen molar-refractivity contribution in [3.63, 3.8) is 0 Å². The second-order valence-electron chi connectivity index (χ2n) is 12.0. The van der Waals surface area contributed by atoms with E-state index in [1.165, 1.54) is 0 Å². The molecule has 0 saturated carbocycles. The summed E-state index contributed by atoms with van der Waals surface area (Å²) in [7, 11) is 6.01. The van der Waals surface area contributed by atoms with Crippen molar-refractivity contribution in [1.82, 2.24) is 24.8 Å². The number of imidazole rings is 1. The molecular formula is C36H44N8O3. The first kappa shape index (κ1) is 32.1. The van der Waals surface area contributed by atoms with Crippen LogP contribution in [-0.2, 0) is 6.42 Å². The minimum atomic E-state index is 0.0891. The van der Waals surface area contributed by atoms with Gasteiger partial charge in [0.25, 0.3) is 0 Å². The van der Waals surface area contributed by atoms with E-state index in [0.29, 0.717) is 42.8 Å². The highest BCUT2D eigenvalue weighted by Gasteiger charge is 2.24. The van der Waals surface area contributed by atoms with Crippen LogP contribution in [0.25, 0.3) is 33.6 Å². The highest BCUT2D eigenvalue weighted by Crippen LogP contribution is 2.40. The van der Waals surface area contributed by atoms with Gasteiger partial charge in [-0.25, -0.2) is 15.0 Å². The van der Waals surface area contributed by atoms with Crippen LogP contribution in [0.5, 0.6) is 5.75 Å². The van der Waals surface area contributed by atoms with Gasteiger partial charge in [0.2, 0.25) is 5.95 Å². The Morgan fingerprint density at radius 3 is 2.72 bits per heavy atom. The largest absolute Gasteiger partial charge is 0.494 e. The van der Waals surface area contributed by atoms with Crippen LogP contribution >= 0.6 is 0 Å². The average molecular weight is 637 g/mol. The Morgan fingerprint density at radius 1 is 1.11 bits per heavy atom. The lowest BCUT2D eigenvalue weighted by molar-refractivity contribution is 0.249. The van der Waals surface area contributed by atoms with Crippen LogP contribution in [0.4, 0.5) is 23.0 Å². The number of aryl methyl sites for hydroxylation is 1. The number of aliphatic hydroxyl groups is 1. The van der Waals surface area contributed by atoms with Crippen LogP contribution in [0.3, 0.4) is 0 Å². The molecule has 1 saturated heterocycles. The number of ether oxygens (including phenoxy) is 1. The first-order valence-corrected chi connectivity index (χ1v) is 16.2. The third-order valence-corrected chi connectivity index (χ3v) is 8.71. The van der Waals surface area contributed by atoms with E-state index in [4.69, 9.17) is 19.1 Å². The van der Waals surface area contributed by atoms with E-state index in [9.17, 15) is 5.11 Å². The highest BCUT2D eigenvalue weighted by atomic mass is 16.5. The number of hydrogen-bond acceptors (Lipinski definition) is 10. The summed E-state index contributed by atoms with van der Waals surface area (Å²) in [6.45, 7) is 4.77. The Morgan fingerprint density at radius 2 is 1.96 bits per heavy atom. The fraction of sp³-hybridized carbons (Fsp3) is 0.361. The Balaban J connectivity index is 1.33. The molecule has 4 heterocycles. The lowest BCUT2D eigenvalue weighted by Gasteiger charge is -2.37. The molecule has 5 aromatic rings. The maximum absolute atomic E-state index is 9.45. The van der Waals surface area contributed by atoms with Gasteiger partial charge in [-0.05, 0) is 64.5 Å². The molecule has 11 heteroatoms. The molecule has 2 aromatic carbocycles. The molecule has 4 N–H and O–H groups in total. The number of aromatic amines is 1. The van der Waals surface area contributed by atoms with E-state index in [2.05, 4.69) is 62.7 Å². The zero-order chi connectivity index (χ0) is 32.8. The van der Waals surface area contributed by atoms with Gasteiger partial charge in [-0.15, -0.1) is 0 Å². The normalized spacial score (nSPS) is 14.0. The number of allylic oxidation sites excluding steroid dienone is 1. The van der Waals surface area contributed by atoms with E-state index in [0.717, 1.165) is 76.7 Å². The first-order chi connectivity index (χ1) is 23.0. The first-order valence-electron chi connectivity index (χ1n) is 16.2. The van der Waals surface area contributed by atoms with Gasteiger partial charge in [-0.1, -0.05) is 24.3 Å². The molecule has 0 unspecified atom stereocenters. The van der Waals surface area contributed by atoms with Crippen LogP contribution in [0.15, 0.2) is 71.5 Å². The lowest BCUT2D eigenvalue weighted by atomic mass is 10.0. The number of H-pyrrole nitrogens is 1. The van der Waals surface area contributed by atoms with E-state index in [1.807, 2.05) is 43.3 Å². The average Bonchev–Trinajstić information content (AvgIpc) is 3.75. The molecule has 0 amide bonds. The van der Waals surface area contributed by atoms with Crippen molar-refractivity contribution in [3.8, 4) is 28.4 Å². The monoisotopic (exact) mass is 636 g/mol. The fourth-order valence-electron chi connectivity index (χ4n) is 6.11. The molecule has 6 rings (SSSR count). The molecule has 246 valence electrons. The second kappa shape index (κ2) is 14.7. The number of methoxy groups -OCH3 is 1. The molecular weight excluding hydrogens is 592 g/mol. The quantitative estimate of drug-likeness (QED) is 0.107. The van der Waals surface area contributed by atoms with Gasteiger partial charge in [0.1, 0.15) is 17.2 Å². The zero-order valence-electron chi connectivity index (χ0n) is 27.6. The van der Waals surface area contributed by atoms with Gasteiger partial charge in [0.05, 0.1) is 47.5 Å². The molecule has 47 heavy (non-hydrogen) atoms. The molecule has 1 aliphatic rings. The van der Waals surface area contributed by atoms with Gasteiger partial charge in [-0.2, -0.15) is 0 Å². The molecule has 3 aromatic heterocycles. The van der Waals surface area contributed by atoms with Crippen molar-refractivity contribution in [1.29, 1.82) is 0 Å². The van der Waals surface area contributed by atoms with E-state index < -0.39 is 0 Å². The number of anilines is 4. The molecule has 11 nitrogen and oxygen atoms in total. The predicted octanol–water partition coefficient (Wildman–Crippen LogP) is 6.48. The molecule has 1 fully saturated rings.